The molecule has 0 bridgehead atoms. The Morgan fingerprint density at radius 2 is 2.21 bits per heavy atom. The molecule has 1 unspecified atom stereocenters. The van der Waals surface area contributed by atoms with Gasteiger partial charge in [-0.2, -0.15) is 0 Å². The van der Waals surface area contributed by atoms with E-state index in [-0.39, 0.29) is 5.41 Å². The largest absolute Gasteiger partial charge is 0.327 e. The van der Waals surface area contributed by atoms with Gasteiger partial charge in [0.25, 0.3) is 0 Å². The van der Waals surface area contributed by atoms with Crippen molar-refractivity contribution < 1.29 is 0 Å². The molecule has 1 aliphatic rings. The molecule has 0 saturated carbocycles. The van der Waals surface area contributed by atoms with Crippen LogP contribution < -0.4 is 5.73 Å². The van der Waals surface area contributed by atoms with Crippen LogP contribution in [-0.2, 0) is 6.54 Å². The first-order valence-corrected chi connectivity index (χ1v) is 7.69. The van der Waals surface area contributed by atoms with Gasteiger partial charge in [0.15, 0.2) is 0 Å². The van der Waals surface area contributed by atoms with Crippen LogP contribution in [0.25, 0.3) is 10.2 Å². The smallest absolute Gasteiger partial charge is 0.108 e. The van der Waals surface area contributed by atoms with E-state index < -0.39 is 0 Å². The van der Waals surface area contributed by atoms with Crippen molar-refractivity contribution in [1.82, 2.24) is 9.88 Å². The first-order chi connectivity index (χ1) is 9.04. The van der Waals surface area contributed by atoms with E-state index in [1.807, 2.05) is 11.3 Å². The highest BCUT2D eigenvalue weighted by molar-refractivity contribution is 7.18. The van der Waals surface area contributed by atoms with Gasteiger partial charge in [-0.05, 0) is 24.0 Å². The minimum atomic E-state index is 0.203. The van der Waals surface area contributed by atoms with E-state index in [0.29, 0.717) is 6.04 Å². The summed E-state index contributed by atoms with van der Waals surface area (Å²) in [6.07, 6.45) is 1.08. The van der Waals surface area contributed by atoms with E-state index in [2.05, 4.69) is 43.0 Å². The second-order valence-electron chi connectivity index (χ2n) is 6.17. The maximum Gasteiger partial charge on any atom is 0.108 e. The minimum Gasteiger partial charge on any atom is -0.327 e. The molecule has 0 spiro atoms. The number of para-hydroxylation sites is 1. The maximum absolute atomic E-state index is 6.19. The summed E-state index contributed by atoms with van der Waals surface area (Å²) in [5.74, 6) is 0. The predicted octanol–water partition coefficient (Wildman–Crippen LogP) is 2.86. The van der Waals surface area contributed by atoms with Gasteiger partial charge in [-0.1, -0.05) is 26.0 Å². The number of piperidine rings is 1. The van der Waals surface area contributed by atoms with Gasteiger partial charge in [-0.25, -0.2) is 4.98 Å². The molecule has 2 aromatic rings. The van der Waals surface area contributed by atoms with Gasteiger partial charge in [0.1, 0.15) is 5.01 Å². The van der Waals surface area contributed by atoms with Crippen molar-refractivity contribution >= 4 is 21.6 Å². The number of nitrogens with zero attached hydrogens (tertiary/aromatic N) is 2. The van der Waals surface area contributed by atoms with Crippen molar-refractivity contribution in [1.29, 1.82) is 0 Å². The molecule has 1 saturated heterocycles. The molecule has 1 aromatic carbocycles. The molecule has 0 radical (unpaired) electrons. The summed E-state index contributed by atoms with van der Waals surface area (Å²) in [5.41, 5.74) is 7.51. The summed E-state index contributed by atoms with van der Waals surface area (Å²) in [7, 11) is 0. The number of fused-ring (bicyclic) bond motifs is 1. The molecular weight excluding hydrogens is 254 g/mol. The first kappa shape index (κ1) is 13.0. The number of aromatic nitrogens is 1. The van der Waals surface area contributed by atoms with E-state index in [0.717, 1.165) is 31.6 Å². The third-order valence-electron chi connectivity index (χ3n) is 4.09. The number of hydrogen-bond donors (Lipinski definition) is 1. The van der Waals surface area contributed by atoms with E-state index in [9.17, 15) is 0 Å². The Labute approximate surface area is 118 Å². The average molecular weight is 275 g/mol. The van der Waals surface area contributed by atoms with Crippen molar-refractivity contribution in [2.45, 2.75) is 32.9 Å². The normalized spacial score (nSPS) is 23.8. The number of hydrogen-bond acceptors (Lipinski definition) is 4. The highest BCUT2D eigenvalue weighted by atomic mass is 32.1. The fourth-order valence-electron chi connectivity index (χ4n) is 2.80. The number of rotatable bonds is 2. The molecule has 2 N–H and O–H groups in total. The van der Waals surface area contributed by atoms with Crippen LogP contribution in [0.1, 0.15) is 25.3 Å². The van der Waals surface area contributed by atoms with E-state index in [1.165, 1.54) is 9.71 Å². The van der Waals surface area contributed by atoms with Crippen LogP contribution >= 0.6 is 11.3 Å². The molecule has 19 heavy (non-hydrogen) atoms. The molecule has 2 heterocycles. The van der Waals surface area contributed by atoms with Gasteiger partial charge in [0.05, 0.1) is 16.8 Å². The van der Waals surface area contributed by atoms with Crippen LogP contribution in [0, 0.1) is 5.41 Å². The molecule has 1 aliphatic heterocycles. The lowest BCUT2D eigenvalue weighted by Crippen LogP contribution is -2.52. The Morgan fingerprint density at radius 3 is 2.95 bits per heavy atom. The zero-order valence-corrected chi connectivity index (χ0v) is 12.4. The van der Waals surface area contributed by atoms with Crippen LogP contribution in [0.5, 0.6) is 0 Å². The van der Waals surface area contributed by atoms with Gasteiger partial charge < -0.3 is 5.73 Å². The van der Waals surface area contributed by atoms with Crippen LogP contribution in [0.2, 0.25) is 0 Å². The second-order valence-corrected chi connectivity index (χ2v) is 7.28. The highest BCUT2D eigenvalue weighted by Gasteiger charge is 2.33. The van der Waals surface area contributed by atoms with Gasteiger partial charge >= 0.3 is 0 Å². The Balaban J connectivity index is 1.74. The van der Waals surface area contributed by atoms with Gasteiger partial charge in [-0.15, -0.1) is 11.3 Å². The number of benzene rings is 1. The topological polar surface area (TPSA) is 42.2 Å². The molecule has 3 rings (SSSR count). The summed E-state index contributed by atoms with van der Waals surface area (Å²) < 4.78 is 1.28. The van der Waals surface area contributed by atoms with Crippen molar-refractivity contribution in [3.63, 3.8) is 0 Å². The quantitative estimate of drug-likeness (QED) is 0.916. The van der Waals surface area contributed by atoms with Gasteiger partial charge in [-0.3, -0.25) is 4.90 Å². The highest BCUT2D eigenvalue weighted by Crippen LogP contribution is 2.30. The Hall–Kier alpha value is -0.970. The van der Waals surface area contributed by atoms with Crippen LogP contribution in [0.3, 0.4) is 0 Å². The summed E-state index contributed by atoms with van der Waals surface area (Å²) in [6.45, 7) is 7.63. The molecule has 102 valence electrons. The number of nitrogens with two attached hydrogens (primary N) is 1. The predicted molar refractivity (Wildman–Crippen MR) is 81.3 cm³/mol. The van der Waals surface area contributed by atoms with Crippen LogP contribution in [0.4, 0.5) is 0 Å². The third-order valence-corrected chi connectivity index (χ3v) is 5.11. The Morgan fingerprint density at radius 1 is 1.42 bits per heavy atom. The fourth-order valence-corrected chi connectivity index (χ4v) is 3.81. The summed E-state index contributed by atoms with van der Waals surface area (Å²) in [5, 5.41) is 1.22. The lowest BCUT2D eigenvalue weighted by molar-refractivity contribution is 0.0899. The molecule has 1 aromatic heterocycles. The molecular formula is C15H21N3S. The minimum absolute atomic E-state index is 0.203. The van der Waals surface area contributed by atoms with Crippen LogP contribution in [0.15, 0.2) is 24.3 Å². The maximum atomic E-state index is 6.19. The van der Waals surface area contributed by atoms with E-state index in [1.54, 1.807) is 0 Å². The van der Waals surface area contributed by atoms with Gasteiger partial charge in [0.2, 0.25) is 0 Å². The molecule has 4 heteroatoms. The third kappa shape index (κ3) is 2.66. The summed E-state index contributed by atoms with van der Waals surface area (Å²) in [6, 6.07) is 8.68. The molecule has 0 aliphatic carbocycles. The summed E-state index contributed by atoms with van der Waals surface area (Å²) >= 11 is 1.81. The Bertz CT molecular complexity index is 543. The Kier molecular flexibility index (Phi) is 3.33. The van der Waals surface area contributed by atoms with Crippen molar-refractivity contribution in [2.75, 3.05) is 13.1 Å². The lowest BCUT2D eigenvalue weighted by atomic mass is 9.80. The summed E-state index contributed by atoms with van der Waals surface area (Å²) in [4.78, 5) is 7.21. The first-order valence-electron chi connectivity index (χ1n) is 6.87. The molecule has 0 amide bonds. The van der Waals surface area contributed by atoms with Crippen LogP contribution in [-0.4, -0.2) is 29.0 Å². The van der Waals surface area contributed by atoms with Crippen molar-refractivity contribution in [3.05, 3.63) is 29.3 Å². The molecule has 1 fully saturated rings. The lowest BCUT2D eigenvalue weighted by Gasteiger charge is -2.42. The van der Waals surface area contributed by atoms with E-state index >= 15 is 0 Å². The standard InChI is InChI=1S/C15H21N3S/c1-15(2)10-18(8-7-13(15)16)9-14-17-11-5-3-4-6-12(11)19-14/h3-6,13H,7-10,16H2,1-2H3. The monoisotopic (exact) mass is 275 g/mol. The second kappa shape index (κ2) is 4.85. The van der Waals surface area contributed by atoms with Crippen molar-refractivity contribution in [3.8, 4) is 0 Å². The fraction of sp³-hybridized carbons (Fsp3) is 0.533. The van der Waals surface area contributed by atoms with Crippen molar-refractivity contribution in [2.24, 2.45) is 11.1 Å². The number of thiazole rings is 1. The number of likely N-dealkylation sites (tertiary alicyclic amines) is 1. The van der Waals surface area contributed by atoms with Gasteiger partial charge in [0, 0.05) is 19.1 Å². The molecule has 3 nitrogen and oxygen atoms in total. The zero-order valence-electron chi connectivity index (χ0n) is 11.6. The molecule has 1 atom stereocenters. The van der Waals surface area contributed by atoms with E-state index in [4.69, 9.17) is 10.7 Å². The zero-order chi connectivity index (χ0) is 13.5. The SMILES string of the molecule is CC1(C)CN(Cc2nc3ccccc3s2)CCC1N. The average Bonchev–Trinajstić information content (AvgIpc) is 2.75.